The average molecular weight is 326 g/mol. The molecule has 1 aromatic carbocycles. The maximum atomic E-state index is 13.0. The Labute approximate surface area is 140 Å². The number of anilines is 1. The molecule has 0 saturated carbocycles. The van der Waals surface area contributed by atoms with Gasteiger partial charge < -0.3 is 9.80 Å². The first-order valence-electron chi connectivity index (χ1n) is 8.27. The number of aromatic nitrogens is 2. The molecule has 0 N–H and O–H groups in total. The van der Waals surface area contributed by atoms with E-state index in [1.165, 1.54) is 12.1 Å². The molecule has 2 aliphatic rings. The van der Waals surface area contributed by atoms with Crippen molar-refractivity contribution in [2.45, 2.75) is 6.42 Å². The van der Waals surface area contributed by atoms with Crippen LogP contribution in [-0.2, 0) is 0 Å². The van der Waals surface area contributed by atoms with E-state index in [0.717, 1.165) is 38.5 Å². The van der Waals surface area contributed by atoms with E-state index in [9.17, 15) is 9.18 Å². The van der Waals surface area contributed by atoms with Crippen LogP contribution < -0.4 is 4.90 Å². The smallest absolute Gasteiger partial charge is 0.253 e. The van der Waals surface area contributed by atoms with Crippen molar-refractivity contribution < 1.29 is 9.18 Å². The van der Waals surface area contributed by atoms with Crippen molar-refractivity contribution in [3.05, 3.63) is 54.1 Å². The van der Waals surface area contributed by atoms with Gasteiger partial charge in [-0.15, -0.1) is 0 Å². The van der Waals surface area contributed by atoms with E-state index in [2.05, 4.69) is 14.9 Å². The Morgan fingerprint density at radius 3 is 2.50 bits per heavy atom. The number of nitrogens with zero attached hydrogens (tertiary/aromatic N) is 4. The van der Waals surface area contributed by atoms with Crippen molar-refractivity contribution in [3.63, 3.8) is 0 Å². The highest BCUT2D eigenvalue weighted by Gasteiger charge is 2.39. The number of benzene rings is 1. The van der Waals surface area contributed by atoms with E-state index >= 15 is 0 Å². The summed E-state index contributed by atoms with van der Waals surface area (Å²) in [4.78, 5) is 25.4. The summed E-state index contributed by atoms with van der Waals surface area (Å²) < 4.78 is 13.0. The normalized spacial score (nSPS) is 23.2. The van der Waals surface area contributed by atoms with Crippen LogP contribution in [-0.4, -0.2) is 47.0 Å². The fraction of sp³-hybridized carbons (Fsp3) is 0.389. The lowest BCUT2D eigenvalue weighted by Gasteiger charge is -2.34. The standard InChI is InChI=1S/C18H19FN4O/c19-16-4-2-13(3-5-16)17(24)23-10-14-6-9-22(11-15(14)12-23)18-20-7-1-8-21-18/h1-5,7-8,14-15H,6,9-12H2/t14-,15+/m0/s1. The second kappa shape index (κ2) is 6.19. The Kier molecular flexibility index (Phi) is 3.88. The fourth-order valence-electron chi connectivity index (χ4n) is 3.75. The molecular formula is C18H19FN4O. The van der Waals surface area contributed by atoms with E-state index < -0.39 is 0 Å². The molecule has 0 bridgehead atoms. The quantitative estimate of drug-likeness (QED) is 0.849. The van der Waals surface area contributed by atoms with Gasteiger partial charge >= 0.3 is 0 Å². The van der Waals surface area contributed by atoms with Gasteiger partial charge in [-0.25, -0.2) is 14.4 Å². The summed E-state index contributed by atoms with van der Waals surface area (Å²) in [6, 6.07) is 7.61. The third kappa shape index (κ3) is 2.84. The first kappa shape index (κ1) is 15.1. The molecule has 24 heavy (non-hydrogen) atoms. The van der Waals surface area contributed by atoms with Crippen LogP contribution >= 0.6 is 0 Å². The predicted molar refractivity (Wildman–Crippen MR) is 88.1 cm³/mol. The topological polar surface area (TPSA) is 49.3 Å². The maximum absolute atomic E-state index is 13.0. The lowest BCUT2D eigenvalue weighted by molar-refractivity contribution is 0.0784. The van der Waals surface area contributed by atoms with Crippen LogP contribution in [0.15, 0.2) is 42.7 Å². The zero-order chi connectivity index (χ0) is 16.5. The van der Waals surface area contributed by atoms with E-state index in [1.54, 1.807) is 24.5 Å². The number of hydrogen-bond acceptors (Lipinski definition) is 4. The van der Waals surface area contributed by atoms with E-state index in [-0.39, 0.29) is 11.7 Å². The Bertz CT molecular complexity index is 722. The summed E-state index contributed by atoms with van der Waals surface area (Å²) in [5.74, 6) is 1.40. The molecule has 124 valence electrons. The molecule has 2 atom stereocenters. The first-order chi connectivity index (χ1) is 11.7. The summed E-state index contributed by atoms with van der Waals surface area (Å²) in [5.41, 5.74) is 0.554. The van der Waals surface area contributed by atoms with Crippen molar-refractivity contribution >= 4 is 11.9 Å². The summed E-state index contributed by atoms with van der Waals surface area (Å²) in [7, 11) is 0. The van der Waals surface area contributed by atoms with Gasteiger partial charge in [-0.1, -0.05) is 0 Å². The maximum Gasteiger partial charge on any atom is 0.253 e. The Morgan fingerprint density at radius 1 is 1.04 bits per heavy atom. The molecule has 0 spiro atoms. The highest BCUT2D eigenvalue weighted by molar-refractivity contribution is 5.94. The second-order valence-corrected chi connectivity index (χ2v) is 6.52. The zero-order valence-corrected chi connectivity index (χ0v) is 13.3. The van der Waals surface area contributed by atoms with Gasteiger partial charge in [-0.05, 0) is 48.6 Å². The summed E-state index contributed by atoms with van der Waals surface area (Å²) in [6.45, 7) is 3.32. The minimum Gasteiger partial charge on any atom is -0.340 e. The van der Waals surface area contributed by atoms with Crippen LogP contribution in [0, 0.1) is 17.7 Å². The van der Waals surface area contributed by atoms with Gasteiger partial charge in [0.25, 0.3) is 5.91 Å². The molecule has 2 aliphatic heterocycles. The second-order valence-electron chi connectivity index (χ2n) is 6.52. The van der Waals surface area contributed by atoms with Crippen LogP contribution in [0.3, 0.4) is 0 Å². The van der Waals surface area contributed by atoms with Gasteiger partial charge in [0.15, 0.2) is 0 Å². The number of rotatable bonds is 2. The Hall–Kier alpha value is -2.50. The van der Waals surface area contributed by atoms with Crippen LogP contribution in [0.2, 0.25) is 0 Å². The molecule has 5 nitrogen and oxygen atoms in total. The van der Waals surface area contributed by atoms with Crippen LogP contribution in [0.1, 0.15) is 16.8 Å². The number of likely N-dealkylation sites (tertiary alicyclic amines) is 1. The monoisotopic (exact) mass is 326 g/mol. The van der Waals surface area contributed by atoms with Gasteiger partial charge in [0.05, 0.1) is 0 Å². The molecule has 0 unspecified atom stereocenters. The molecule has 0 aliphatic carbocycles. The third-order valence-electron chi connectivity index (χ3n) is 5.01. The largest absolute Gasteiger partial charge is 0.340 e. The van der Waals surface area contributed by atoms with E-state index in [1.807, 2.05) is 11.0 Å². The SMILES string of the molecule is O=C(c1ccc(F)cc1)N1C[C@@H]2CCN(c3ncccn3)C[C@@H]2C1. The molecule has 0 radical (unpaired) electrons. The van der Waals surface area contributed by atoms with Gasteiger partial charge in [0.2, 0.25) is 5.95 Å². The van der Waals surface area contributed by atoms with Crippen molar-refractivity contribution in [1.29, 1.82) is 0 Å². The Morgan fingerprint density at radius 2 is 1.75 bits per heavy atom. The lowest BCUT2D eigenvalue weighted by Crippen LogP contribution is -2.40. The number of fused-ring (bicyclic) bond motifs is 1. The molecule has 3 heterocycles. The van der Waals surface area contributed by atoms with Crippen LogP contribution in [0.25, 0.3) is 0 Å². The average Bonchev–Trinajstić information content (AvgIpc) is 3.06. The van der Waals surface area contributed by atoms with Gasteiger partial charge in [-0.3, -0.25) is 4.79 Å². The first-order valence-corrected chi connectivity index (χ1v) is 8.27. The van der Waals surface area contributed by atoms with Gasteiger partial charge in [0, 0.05) is 44.1 Å². The van der Waals surface area contributed by atoms with Crippen molar-refractivity contribution in [1.82, 2.24) is 14.9 Å². The van der Waals surface area contributed by atoms with Crippen LogP contribution in [0.4, 0.5) is 10.3 Å². The molecule has 1 aromatic heterocycles. The molecule has 4 rings (SSSR count). The highest BCUT2D eigenvalue weighted by Crippen LogP contribution is 2.33. The highest BCUT2D eigenvalue weighted by atomic mass is 19.1. The Balaban J connectivity index is 1.44. The summed E-state index contributed by atoms with van der Waals surface area (Å²) >= 11 is 0. The predicted octanol–water partition coefficient (Wildman–Crippen LogP) is 2.21. The fourth-order valence-corrected chi connectivity index (χ4v) is 3.75. The van der Waals surface area contributed by atoms with E-state index in [0.29, 0.717) is 17.4 Å². The van der Waals surface area contributed by atoms with Gasteiger partial charge in [-0.2, -0.15) is 0 Å². The molecule has 6 heteroatoms. The van der Waals surface area contributed by atoms with Crippen LogP contribution in [0.5, 0.6) is 0 Å². The molecule has 2 aromatic rings. The summed E-state index contributed by atoms with van der Waals surface area (Å²) in [6.07, 6.45) is 4.55. The minimum absolute atomic E-state index is 0.00749. The molecule has 1 amide bonds. The number of amides is 1. The summed E-state index contributed by atoms with van der Waals surface area (Å²) in [5, 5.41) is 0. The zero-order valence-electron chi connectivity index (χ0n) is 13.3. The number of carbonyl (C=O) groups excluding carboxylic acids is 1. The minimum atomic E-state index is -0.319. The molecule has 2 saturated heterocycles. The number of piperidine rings is 1. The number of halogens is 1. The van der Waals surface area contributed by atoms with Gasteiger partial charge in [0.1, 0.15) is 5.82 Å². The lowest BCUT2D eigenvalue weighted by atomic mass is 9.89. The third-order valence-corrected chi connectivity index (χ3v) is 5.01. The van der Waals surface area contributed by atoms with Crippen molar-refractivity contribution in [3.8, 4) is 0 Å². The van der Waals surface area contributed by atoms with Crippen molar-refractivity contribution in [2.75, 3.05) is 31.1 Å². The van der Waals surface area contributed by atoms with Crippen molar-refractivity contribution in [2.24, 2.45) is 11.8 Å². The van der Waals surface area contributed by atoms with E-state index in [4.69, 9.17) is 0 Å². The number of carbonyl (C=O) groups is 1. The molecule has 2 fully saturated rings. The number of hydrogen-bond donors (Lipinski definition) is 0. The molecular weight excluding hydrogens is 307 g/mol.